The third-order valence-electron chi connectivity index (χ3n) is 3.00. The van der Waals surface area contributed by atoms with Gasteiger partial charge < -0.3 is 5.32 Å². The molecule has 1 N–H and O–H groups in total. The molecule has 0 aliphatic heterocycles. The van der Waals surface area contributed by atoms with E-state index in [0.29, 0.717) is 12.8 Å². The van der Waals surface area contributed by atoms with Gasteiger partial charge in [-0.25, -0.2) is 4.98 Å². The smallest absolute Gasteiger partial charge is 0.221 e. The van der Waals surface area contributed by atoms with Crippen LogP contribution in [0.1, 0.15) is 33.6 Å². The maximum Gasteiger partial charge on any atom is 0.221 e. The Kier molecular flexibility index (Phi) is 8.45. The number of amides is 1. The standard InChI is InChI=1S/C15H22N2O2S2/c1-11(13(3)18)10-12(2)17-14(19)7-9-20-21-15-6-4-5-8-16-15/h4-6,8,11-12H,7,9-10H2,1-3H3,(H,17,19). The molecule has 2 atom stereocenters. The lowest BCUT2D eigenvalue weighted by Gasteiger charge is -2.16. The van der Waals surface area contributed by atoms with Crippen LogP contribution in [0.25, 0.3) is 0 Å². The number of ketones is 1. The van der Waals surface area contributed by atoms with Crippen LogP contribution in [0.4, 0.5) is 0 Å². The molecule has 0 aromatic carbocycles. The van der Waals surface area contributed by atoms with Gasteiger partial charge in [0.2, 0.25) is 5.91 Å². The van der Waals surface area contributed by atoms with Gasteiger partial charge in [-0.3, -0.25) is 9.59 Å². The van der Waals surface area contributed by atoms with E-state index in [2.05, 4.69) is 10.3 Å². The second kappa shape index (κ2) is 9.84. The molecule has 0 aliphatic carbocycles. The summed E-state index contributed by atoms with van der Waals surface area (Å²) < 4.78 is 0. The Morgan fingerprint density at radius 1 is 1.33 bits per heavy atom. The Morgan fingerprint density at radius 3 is 2.71 bits per heavy atom. The average molecular weight is 326 g/mol. The number of hydrogen-bond donors (Lipinski definition) is 1. The number of hydrogen-bond acceptors (Lipinski definition) is 5. The van der Waals surface area contributed by atoms with E-state index >= 15 is 0 Å². The molecule has 6 heteroatoms. The number of pyridine rings is 1. The van der Waals surface area contributed by atoms with E-state index in [4.69, 9.17) is 0 Å². The monoisotopic (exact) mass is 326 g/mol. The van der Waals surface area contributed by atoms with Crippen molar-refractivity contribution in [2.75, 3.05) is 5.75 Å². The average Bonchev–Trinajstić information content (AvgIpc) is 2.44. The molecule has 1 amide bonds. The van der Waals surface area contributed by atoms with Crippen LogP contribution < -0.4 is 5.32 Å². The molecule has 0 fully saturated rings. The van der Waals surface area contributed by atoms with Crippen molar-refractivity contribution < 1.29 is 9.59 Å². The fraction of sp³-hybridized carbons (Fsp3) is 0.533. The fourth-order valence-electron chi connectivity index (χ4n) is 1.74. The van der Waals surface area contributed by atoms with Crippen LogP contribution in [0.15, 0.2) is 29.4 Å². The van der Waals surface area contributed by atoms with Gasteiger partial charge >= 0.3 is 0 Å². The van der Waals surface area contributed by atoms with Crippen molar-refractivity contribution in [3.05, 3.63) is 24.4 Å². The van der Waals surface area contributed by atoms with Gasteiger partial charge in [0.1, 0.15) is 10.8 Å². The summed E-state index contributed by atoms with van der Waals surface area (Å²) in [5.74, 6) is 0.933. The minimum Gasteiger partial charge on any atom is -0.354 e. The Morgan fingerprint density at radius 2 is 2.10 bits per heavy atom. The summed E-state index contributed by atoms with van der Waals surface area (Å²) in [6.07, 6.45) is 2.92. The van der Waals surface area contributed by atoms with Crippen LogP contribution in [0, 0.1) is 5.92 Å². The molecule has 0 radical (unpaired) electrons. The Labute approximate surface area is 134 Å². The minimum absolute atomic E-state index is 0.00520. The molecule has 0 aliphatic rings. The second-order valence-electron chi connectivity index (χ2n) is 5.04. The summed E-state index contributed by atoms with van der Waals surface area (Å²) in [6, 6.07) is 5.81. The number of rotatable bonds is 9. The summed E-state index contributed by atoms with van der Waals surface area (Å²) >= 11 is 0. The molecule has 0 saturated heterocycles. The van der Waals surface area contributed by atoms with Gasteiger partial charge in [0, 0.05) is 30.3 Å². The highest BCUT2D eigenvalue weighted by molar-refractivity contribution is 8.76. The lowest BCUT2D eigenvalue weighted by molar-refractivity contribution is -0.123. The van der Waals surface area contributed by atoms with Crippen LogP contribution in [-0.4, -0.2) is 28.5 Å². The van der Waals surface area contributed by atoms with Gasteiger partial charge in [-0.15, -0.1) is 0 Å². The molecule has 1 rings (SSSR count). The van der Waals surface area contributed by atoms with Gasteiger partial charge in [0.15, 0.2) is 0 Å². The maximum atomic E-state index is 11.8. The molecule has 0 spiro atoms. The first-order valence-electron chi connectivity index (χ1n) is 6.99. The van der Waals surface area contributed by atoms with E-state index < -0.39 is 0 Å². The Hall–Kier alpha value is -1.01. The zero-order valence-corrected chi connectivity index (χ0v) is 14.3. The van der Waals surface area contributed by atoms with Crippen molar-refractivity contribution in [2.45, 2.75) is 44.7 Å². The van der Waals surface area contributed by atoms with Crippen molar-refractivity contribution in [3.8, 4) is 0 Å². The lowest BCUT2D eigenvalue weighted by atomic mass is 9.99. The van der Waals surface area contributed by atoms with Gasteiger partial charge in [-0.1, -0.05) is 23.8 Å². The molecule has 116 valence electrons. The van der Waals surface area contributed by atoms with E-state index in [-0.39, 0.29) is 23.7 Å². The Balaban J connectivity index is 2.15. The van der Waals surface area contributed by atoms with Crippen LogP contribution >= 0.6 is 21.6 Å². The van der Waals surface area contributed by atoms with Crippen LogP contribution in [0.3, 0.4) is 0 Å². The van der Waals surface area contributed by atoms with Crippen molar-refractivity contribution in [3.63, 3.8) is 0 Å². The maximum absolute atomic E-state index is 11.8. The van der Waals surface area contributed by atoms with Gasteiger partial charge in [0.25, 0.3) is 0 Å². The van der Waals surface area contributed by atoms with E-state index in [0.717, 1.165) is 10.8 Å². The molecule has 0 bridgehead atoms. The number of carbonyl (C=O) groups excluding carboxylic acids is 2. The van der Waals surface area contributed by atoms with Crippen molar-refractivity contribution in [1.82, 2.24) is 10.3 Å². The molecule has 4 nitrogen and oxygen atoms in total. The minimum atomic E-state index is -0.00520. The topological polar surface area (TPSA) is 59.1 Å². The molecule has 1 heterocycles. The third-order valence-corrected chi connectivity index (χ3v) is 5.27. The van der Waals surface area contributed by atoms with E-state index in [1.54, 1.807) is 34.7 Å². The zero-order valence-electron chi connectivity index (χ0n) is 12.7. The van der Waals surface area contributed by atoms with E-state index in [1.165, 1.54) is 0 Å². The molecule has 1 aromatic heterocycles. The van der Waals surface area contributed by atoms with Crippen LogP contribution in [-0.2, 0) is 9.59 Å². The van der Waals surface area contributed by atoms with Gasteiger partial charge in [0.05, 0.1) is 0 Å². The van der Waals surface area contributed by atoms with Crippen LogP contribution in [0.2, 0.25) is 0 Å². The fourth-order valence-corrected chi connectivity index (χ4v) is 3.60. The Bertz CT molecular complexity index is 454. The predicted molar refractivity (Wildman–Crippen MR) is 89.2 cm³/mol. The van der Waals surface area contributed by atoms with Gasteiger partial charge in [-0.05, 0) is 43.2 Å². The van der Waals surface area contributed by atoms with E-state index in [1.807, 2.05) is 32.0 Å². The lowest BCUT2D eigenvalue weighted by Crippen LogP contribution is -2.34. The van der Waals surface area contributed by atoms with Gasteiger partial charge in [-0.2, -0.15) is 0 Å². The zero-order chi connectivity index (χ0) is 15.7. The summed E-state index contributed by atoms with van der Waals surface area (Å²) in [5, 5.41) is 3.89. The number of carbonyl (C=O) groups is 2. The summed E-state index contributed by atoms with van der Waals surface area (Å²) in [7, 11) is 3.20. The van der Waals surface area contributed by atoms with Crippen molar-refractivity contribution in [2.24, 2.45) is 5.92 Å². The van der Waals surface area contributed by atoms with Crippen molar-refractivity contribution in [1.29, 1.82) is 0 Å². The number of nitrogens with zero attached hydrogens (tertiary/aromatic N) is 1. The SMILES string of the molecule is CC(=O)C(C)CC(C)NC(=O)CCSSc1ccccn1. The van der Waals surface area contributed by atoms with E-state index in [9.17, 15) is 9.59 Å². The highest BCUT2D eigenvalue weighted by atomic mass is 33.1. The molecular weight excluding hydrogens is 304 g/mol. The normalized spacial score (nSPS) is 13.5. The highest BCUT2D eigenvalue weighted by Crippen LogP contribution is 2.29. The number of nitrogens with one attached hydrogen (secondary N) is 1. The quantitative estimate of drug-likeness (QED) is 0.557. The highest BCUT2D eigenvalue weighted by Gasteiger charge is 2.14. The molecule has 21 heavy (non-hydrogen) atoms. The summed E-state index contributed by atoms with van der Waals surface area (Å²) in [6.45, 7) is 5.42. The molecular formula is C15H22N2O2S2. The largest absolute Gasteiger partial charge is 0.354 e. The first kappa shape index (κ1) is 18.0. The second-order valence-corrected chi connectivity index (χ2v) is 7.48. The predicted octanol–water partition coefficient (Wildman–Crippen LogP) is 3.33. The summed E-state index contributed by atoms with van der Waals surface area (Å²) in [4.78, 5) is 27.2. The molecule has 0 saturated carbocycles. The summed E-state index contributed by atoms with van der Waals surface area (Å²) in [5.41, 5.74) is 0. The first-order valence-corrected chi connectivity index (χ1v) is 9.31. The third kappa shape index (κ3) is 8.12. The first-order chi connectivity index (χ1) is 9.99. The number of Topliss-reactive ketones (excluding diaryl/α,β-unsaturated/α-hetero) is 1. The number of aromatic nitrogens is 1. The van der Waals surface area contributed by atoms with Crippen LogP contribution in [0.5, 0.6) is 0 Å². The molecule has 2 unspecified atom stereocenters. The molecule has 1 aromatic rings. The van der Waals surface area contributed by atoms with Crippen molar-refractivity contribution >= 4 is 33.3 Å².